The van der Waals surface area contributed by atoms with Gasteiger partial charge >= 0.3 is 11.9 Å². The minimum atomic E-state index is -5.27. The van der Waals surface area contributed by atoms with Crippen LogP contribution in [0.4, 0.5) is 11.4 Å². The van der Waals surface area contributed by atoms with Crippen LogP contribution >= 0.6 is 0 Å². The second-order valence-corrected chi connectivity index (χ2v) is 30.2. The molecule has 6 aromatic rings. The first kappa shape index (κ1) is 68.4. The maximum Gasteiger partial charge on any atom is 0.336 e. The Morgan fingerprint density at radius 1 is 0.649 bits per heavy atom. The van der Waals surface area contributed by atoms with Gasteiger partial charge in [-0.15, -0.1) is 5.10 Å². The molecule has 0 unspecified atom stereocenters. The number of fused-ring (bicyclic) bond motifs is 6. The van der Waals surface area contributed by atoms with Gasteiger partial charge in [-0.2, -0.15) is 33.7 Å². The fourth-order valence-electron chi connectivity index (χ4n) is 12.3. The van der Waals surface area contributed by atoms with Crippen LogP contribution in [0.3, 0.4) is 0 Å². The van der Waals surface area contributed by atoms with Crippen molar-refractivity contribution in [3.05, 3.63) is 169 Å². The van der Waals surface area contributed by atoms with Crippen molar-refractivity contribution in [3.63, 3.8) is 0 Å². The minimum Gasteiger partial charge on any atom is -0.478 e. The summed E-state index contributed by atoms with van der Waals surface area (Å²) in [6, 6.07) is 18.4. The van der Waals surface area contributed by atoms with Crippen molar-refractivity contribution < 1.29 is 90.4 Å². The molecule has 0 saturated carbocycles. The molecule has 33 heteroatoms. The lowest BCUT2D eigenvalue weighted by Crippen LogP contribution is -2.42. The molecule has 0 bridgehead atoms. The number of likely N-dealkylation sites (N-methyl/N-ethyl adjacent to an activating group) is 1. The number of carbonyl (C=O) groups is 4. The molecule has 2 amide bonds. The Morgan fingerprint density at radius 2 is 1.29 bits per heavy atom. The Balaban J connectivity index is 0.780. The standard InChI is InChI=1S/C64H61N9O20S4/c1-63(2)26-34(30-94(80,81)82)41-22-45-51(24-49(41)69-63)92-52-25-50-42(35(31-95(83,84)85)27-64(3,4)72(50)5)23-46(52)54(45)43-20-32(11-13-38(43)61(76)77)59(74)67-18-8-6-7-9-19-73-29-36(70-71-73)28-68-60(75)33-10-12-37(44(21-33)62(78)79)53-39-14-16-47(65)57(96(86,87)88)55(39)93-56-40(53)15-17-48(66)58(56)97(89,90)91/h10-17,20-27,29,65H,6-9,18-19,28,30-31,66H2,1-5H3,(H,67,74)(H,68,75)(H,76,77)(H,78,79)(H,80,81,82)(H,83,84,85)(H,86,87,88)(H,89,90,91). The summed E-state index contributed by atoms with van der Waals surface area (Å²) in [6.07, 6.45) is 7.31. The van der Waals surface area contributed by atoms with Crippen molar-refractivity contribution in [2.75, 3.05) is 35.7 Å². The molecule has 0 radical (unpaired) electrons. The Kier molecular flexibility index (Phi) is 17.5. The number of aryl methyl sites for hydroxylation is 1. The number of rotatable bonds is 21. The smallest absolute Gasteiger partial charge is 0.336 e. The predicted octanol–water partition coefficient (Wildman–Crippen LogP) is 6.20. The molecule has 1 aliphatic carbocycles. The Labute approximate surface area is 553 Å². The highest BCUT2D eigenvalue weighted by Crippen LogP contribution is 2.49. The summed E-state index contributed by atoms with van der Waals surface area (Å²) in [5.41, 5.74) is 3.92. The summed E-state index contributed by atoms with van der Waals surface area (Å²) in [4.78, 5) is 58.4. The van der Waals surface area contributed by atoms with Gasteiger partial charge in [-0.05, 0) is 130 Å². The van der Waals surface area contributed by atoms with Gasteiger partial charge in [0.15, 0.2) is 21.1 Å². The molecule has 0 saturated heterocycles. The summed E-state index contributed by atoms with van der Waals surface area (Å²) >= 11 is 0. The number of carboxylic acid groups (broad SMARTS) is 2. The molecule has 1 aromatic heterocycles. The van der Waals surface area contributed by atoms with Crippen molar-refractivity contribution in [2.24, 2.45) is 4.99 Å². The molecule has 0 atom stereocenters. The van der Waals surface area contributed by atoms with E-state index in [1.54, 1.807) is 68.2 Å². The van der Waals surface area contributed by atoms with Crippen LogP contribution in [0.1, 0.15) is 123 Å². The van der Waals surface area contributed by atoms with Crippen LogP contribution in [-0.4, -0.2) is 137 Å². The van der Waals surface area contributed by atoms with E-state index in [1.807, 2.05) is 18.7 Å². The third-order valence-electron chi connectivity index (χ3n) is 16.7. The Hall–Kier alpha value is -10.0. The number of aromatic nitrogens is 3. The normalized spacial score (nSPS) is 14.9. The van der Waals surface area contributed by atoms with Crippen LogP contribution in [0.2, 0.25) is 0 Å². The molecule has 97 heavy (non-hydrogen) atoms. The zero-order chi connectivity index (χ0) is 70.4. The van der Waals surface area contributed by atoms with Crippen molar-refractivity contribution >= 4 is 103 Å². The van der Waals surface area contributed by atoms with E-state index in [0.29, 0.717) is 54.5 Å². The van der Waals surface area contributed by atoms with E-state index in [0.717, 1.165) is 18.2 Å². The number of hydrogen-bond acceptors (Lipinski definition) is 20. The van der Waals surface area contributed by atoms with Gasteiger partial charge in [0.2, 0.25) is 0 Å². The molecular formula is C64H61N9O20S4. The van der Waals surface area contributed by atoms with Gasteiger partial charge < -0.3 is 40.6 Å². The fourth-order valence-corrected chi connectivity index (χ4v) is 15.1. The van der Waals surface area contributed by atoms with Crippen LogP contribution < -0.4 is 41.9 Å². The number of ether oxygens (including phenoxy) is 1. The van der Waals surface area contributed by atoms with Crippen molar-refractivity contribution in [1.82, 2.24) is 25.6 Å². The number of hydrogen-bond donors (Lipinski definition) is 10. The molecule has 29 nitrogen and oxygen atoms in total. The number of nitrogens with one attached hydrogen (secondary N) is 3. The summed E-state index contributed by atoms with van der Waals surface area (Å²) in [5.74, 6) is -6.19. The summed E-state index contributed by atoms with van der Waals surface area (Å²) < 4.78 is 155. The third-order valence-corrected chi connectivity index (χ3v) is 19.9. The average Bonchev–Trinajstić information content (AvgIpc) is 1.45. The van der Waals surface area contributed by atoms with Gasteiger partial charge in [0.05, 0.1) is 51.3 Å². The van der Waals surface area contributed by atoms with Crippen molar-refractivity contribution in [1.29, 1.82) is 5.41 Å². The number of aromatic carboxylic acids is 2. The lowest BCUT2D eigenvalue weighted by atomic mass is 9.83. The summed E-state index contributed by atoms with van der Waals surface area (Å²) in [5, 5.41) is 42.9. The van der Waals surface area contributed by atoms with E-state index in [2.05, 4.69) is 20.9 Å². The van der Waals surface area contributed by atoms with Gasteiger partial charge in [-0.25, -0.2) is 9.59 Å². The molecule has 5 aliphatic rings. The average molecular weight is 1400 g/mol. The molecule has 0 fully saturated rings. The van der Waals surface area contributed by atoms with Crippen molar-refractivity contribution in [2.45, 2.75) is 87.3 Å². The van der Waals surface area contributed by atoms with Crippen LogP contribution in [0, 0.1) is 5.41 Å². The second kappa shape index (κ2) is 24.9. The van der Waals surface area contributed by atoms with Crippen LogP contribution in [0.25, 0.3) is 50.1 Å². The number of anilines is 2. The van der Waals surface area contributed by atoms with Crippen molar-refractivity contribution in [3.8, 4) is 33.9 Å². The lowest BCUT2D eigenvalue weighted by molar-refractivity contribution is 0.0686. The Morgan fingerprint density at radius 3 is 1.96 bits per heavy atom. The molecule has 11 N–H and O–H groups in total. The maximum absolute atomic E-state index is 14.1. The zero-order valence-corrected chi connectivity index (χ0v) is 55.3. The first-order chi connectivity index (χ1) is 45.3. The topological polar surface area (TPSA) is 469 Å². The minimum absolute atomic E-state index is 0.0398. The first-order valence-electron chi connectivity index (χ1n) is 29.5. The molecule has 506 valence electrons. The van der Waals surface area contributed by atoms with Gasteiger partial charge in [-0.3, -0.25) is 42.9 Å². The van der Waals surface area contributed by atoms with Crippen LogP contribution in [-0.2, 0) is 53.6 Å². The fraction of sp³-hybridized carbons (Fsp3) is 0.250. The monoisotopic (exact) mass is 1400 g/mol. The van der Waals surface area contributed by atoms with Gasteiger partial charge in [0, 0.05) is 93.1 Å². The number of amides is 2. The molecule has 0 spiro atoms. The van der Waals surface area contributed by atoms with Crippen LogP contribution in [0.15, 0.2) is 122 Å². The molecular weight excluding hydrogens is 1340 g/mol. The first-order valence-corrected chi connectivity index (χ1v) is 35.6. The lowest BCUT2D eigenvalue weighted by Gasteiger charge is -2.41. The second-order valence-electron chi connectivity index (χ2n) is 24.5. The summed E-state index contributed by atoms with van der Waals surface area (Å²) in [7, 11) is -17.9. The van der Waals surface area contributed by atoms with Gasteiger partial charge in [0.25, 0.3) is 52.3 Å². The van der Waals surface area contributed by atoms with E-state index in [9.17, 15) is 81.3 Å². The van der Waals surface area contributed by atoms with E-state index in [4.69, 9.17) is 25.3 Å². The molecule has 11 rings (SSSR count). The SMILES string of the molecule is CN1c2cc3c(cc2C(CS(=O)(=O)O)=CC1(C)C)C(c1cc(C(=O)NCCCCCCn2cc(CNC(=O)c4ccc(-c5c6ccc(=N)c(S(=O)(=O)O)c-6oc6c(S(=O)(=O)O)c(N)ccc56)c(C(=O)O)c4)nn2)ccc1C(=O)O)=c1cc2c(cc1O3)=NC(C)(C)C=C2CS(=O)(=O)O. The number of nitrogens with two attached hydrogens (primary N) is 1. The number of unbranched alkanes of at least 4 members (excludes halogenated alkanes) is 3. The maximum atomic E-state index is 14.1. The Bertz CT molecular complexity index is 5490. The summed E-state index contributed by atoms with van der Waals surface area (Å²) in [6.45, 7) is 7.63. The number of benzene rings is 6. The van der Waals surface area contributed by atoms with Crippen LogP contribution in [0.5, 0.6) is 11.5 Å². The number of carbonyl (C=O) groups excluding carboxylic acids is 2. The number of carboxylic acids is 2. The van der Waals surface area contributed by atoms with Gasteiger partial charge in [-0.1, -0.05) is 36.3 Å². The van der Waals surface area contributed by atoms with E-state index in [1.165, 1.54) is 42.5 Å². The zero-order valence-electron chi connectivity index (χ0n) is 52.0. The quantitative estimate of drug-likeness (QED) is 0.0165. The number of nitrogens with zero attached hydrogens (tertiary/aromatic N) is 5. The van der Waals surface area contributed by atoms with E-state index < -0.39 is 125 Å². The molecule has 5 aromatic carbocycles. The highest BCUT2D eigenvalue weighted by Gasteiger charge is 2.37. The highest BCUT2D eigenvalue weighted by molar-refractivity contribution is 7.87. The molecule has 5 heterocycles. The largest absolute Gasteiger partial charge is 0.478 e. The predicted molar refractivity (Wildman–Crippen MR) is 351 cm³/mol. The molecule has 4 aliphatic heterocycles. The van der Waals surface area contributed by atoms with E-state index >= 15 is 0 Å². The van der Waals surface area contributed by atoms with Gasteiger partial charge in [0.1, 0.15) is 28.7 Å². The highest BCUT2D eigenvalue weighted by atomic mass is 32.2. The third kappa shape index (κ3) is 13.9. The van der Waals surface area contributed by atoms with E-state index in [-0.39, 0.29) is 102 Å². The number of nitrogen functional groups attached to an aromatic ring is 1.